The second-order valence-electron chi connectivity index (χ2n) is 2.67. The van der Waals surface area contributed by atoms with Crippen molar-refractivity contribution in [1.29, 1.82) is 0 Å². The van der Waals surface area contributed by atoms with Crippen molar-refractivity contribution >= 4 is 28.9 Å². The van der Waals surface area contributed by atoms with Gasteiger partial charge in [-0.1, -0.05) is 11.8 Å². The zero-order chi connectivity index (χ0) is 10.6. The number of halogens is 1. The van der Waals surface area contributed by atoms with Crippen LogP contribution in [0.3, 0.4) is 0 Å². The predicted molar refractivity (Wildman–Crippen MR) is 58.2 cm³/mol. The summed E-state index contributed by atoms with van der Waals surface area (Å²) >= 11 is 6.67. The van der Waals surface area contributed by atoms with Gasteiger partial charge in [-0.25, -0.2) is 4.79 Å². The van der Waals surface area contributed by atoms with E-state index in [2.05, 4.69) is 11.8 Å². The summed E-state index contributed by atoms with van der Waals surface area (Å²) in [6.07, 6.45) is 0.626. The summed E-state index contributed by atoms with van der Waals surface area (Å²) < 4.78 is 0. The van der Waals surface area contributed by atoms with Gasteiger partial charge in [0.05, 0.1) is 4.88 Å². The fourth-order valence-electron chi connectivity index (χ4n) is 0.902. The van der Waals surface area contributed by atoms with Crippen LogP contribution in [0.1, 0.15) is 26.5 Å². The summed E-state index contributed by atoms with van der Waals surface area (Å²) in [5, 5.41) is 8.74. The van der Waals surface area contributed by atoms with Crippen LogP contribution in [0, 0.1) is 18.8 Å². The molecule has 1 rings (SSSR count). The van der Waals surface area contributed by atoms with E-state index in [0.29, 0.717) is 17.2 Å². The monoisotopic (exact) mass is 228 g/mol. The van der Waals surface area contributed by atoms with Crippen LogP contribution in [0.4, 0.5) is 0 Å². The molecule has 1 aromatic rings. The molecular formula is C10H9ClO2S. The zero-order valence-corrected chi connectivity index (χ0v) is 9.21. The highest BCUT2D eigenvalue weighted by Gasteiger charge is 2.08. The van der Waals surface area contributed by atoms with E-state index < -0.39 is 5.97 Å². The Hall–Kier alpha value is -0.980. The second-order valence-corrected chi connectivity index (χ2v) is 4.10. The molecule has 1 heterocycles. The van der Waals surface area contributed by atoms with Crippen LogP contribution in [0.25, 0.3) is 0 Å². The first-order valence-corrected chi connectivity index (χ1v) is 5.39. The van der Waals surface area contributed by atoms with Crippen molar-refractivity contribution < 1.29 is 9.90 Å². The maximum absolute atomic E-state index is 10.6. The molecule has 1 N–H and O–H groups in total. The predicted octanol–water partition coefficient (Wildman–Crippen LogP) is 2.74. The minimum absolute atomic E-state index is 0.331. The molecule has 0 atom stereocenters. The van der Waals surface area contributed by atoms with E-state index in [4.69, 9.17) is 16.7 Å². The van der Waals surface area contributed by atoms with Crippen LogP contribution in [-0.4, -0.2) is 17.0 Å². The third kappa shape index (κ3) is 2.76. The number of hydrogen-bond acceptors (Lipinski definition) is 2. The maximum Gasteiger partial charge on any atom is 0.345 e. The van der Waals surface area contributed by atoms with Crippen molar-refractivity contribution in [2.75, 3.05) is 5.88 Å². The Balaban J connectivity index is 2.89. The largest absolute Gasteiger partial charge is 0.477 e. The van der Waals surface area contributed by atoms with Crippen LogP contribution in [-0.2, 0) is 0 Å². The Kier molecular flexibility index (Phi) is 3.99. The molecule has 14 heavy (non-hydrogen) atoms. The van der Waals surface area contributed by atoms with E-state index in [-0.39, 0.29) is 0 Å². The first kappa shape index (κ1) is 11.1. The van der Waals surface area contributed by atoms with Gasteiger partial charge in [0.2, 0.25) is 0 Å². The molecule has 0 aliphatic heterocycles. The lowest BCUT2D eigenvalue weighted by Crippen LogP contribution is -1.89. The molecule has 0 bridgehead atoms. The number of thiophene rings is 1. The number of hydrogen-bond donors (Lipinski definition) is 1. The number of carboxylic acid groups (broad SMARTS) is 1. The van der Waals surface area contributed by atoms with Crippen LogP contribution in [0.5, 0.6) is 0 Å². The SMILES string of the molecule is Cc1cc(C(=O)O)sc1C#CCCCl. The van der Waals surface area contributed by atoms with Gasteiger partial charge in [0.1, 0.15) is 4.88 Å². The summed E-state index contributed by atoms with van der Waals surface area (Å²) in [7, 11) is 0. The van der Waals surface area contributed by atoms with Crippen LogP contribution in [0.15, 0.2) is 6.07 Å². The average Bonchev–Trinajstić information content (AvgIpc) is 2.49. The number of aromatic carboxylic acids is 1. The maximum atomic E-state index is 10.6. The minimum atomic E-state index is -0.900. The molecule has 0 saturated heterocycles. The first-order valence-electron chi connectivity index (χ1n) is 4.03. The van der Waals surface area contributed by atoms with E-state index >= 15 is 0 Å². The Morgan fingerprint density at radius 2 is 2.43 bits per heavy atom. The van der Waals surface area contributed by atoms with E-state index in [1.807, 2.05) is 6.92 Å². The van der Waals surface area contributed by atoms with E-state index in [1.165, 1.54) is 11.3 Å². The van der Waals surface area contributed by atoms with Crippen LogP contribution in [0.2, 0.25) is 0 Å². The Morgan fingerprint density at radius 1 is 1.71 bits per heavy atom. The highest BCUT2D eigenvalue weighted by Crippen LogP contribution is 2.20. The van der Waals surface area contributed by atoms with Crippen molar-refractivity contribution in [2.24, 2.45) is 0 Å². The van der Waals surface area contributed by atoms with Gasteiger partial charge in [-0.2, -0.15) is 0 Å². The molecule has 4 heteroatoms. The number of rotatable bonds is 2. The average molecular weight is 229 g/mol. The van der Waals surface area contributed by atoms with E-state index in [9.17, 15) is 4.79 Å². The summed E-state index contributed by atoms with van der Waals surface area (Å²) in [6, 6.07) is 1.64. The molecule has 0 aromatic carbocycles. The molecule has 0 radical (unpaired) electrons. The highest BCUT2D eigenvalue weighted by molar-refractivity contribution is 7.14. The number of carboxylic acids is 1. The molecule has 0 unspecified atom stereocenters. The molecule has 0 aliphatic carbocycles. The third-order valence-electron chi connectivity index (χ3n) is 1.55. The molecule has 0 spiro atoms. The minimum Gasteiger partial charge on any atom is -0.477 e. The van der Waals surface area contributed by atoms with Crippen molar-refractivity contribution in [3.8, 4) is 11.8 Å². The third-order valence-corrected chi connectivity index (χ3v) is 2.88. The highest BCUT2D eigenvalue weighted by atomic mass is 35.5. The lowest BCUT2D eigenvalue weighted by atomic mass is 10.2. The van der Waals surface area contributed by atoms with Crippen molar-refractivity contribution in [1.82, 2.24) is 0 Å². The van der Waals surface area contributed by atoms with Crippen molar-refractivity contribution in [3.63, 3.8) is 0 Å². The van der Waals surface area contributed by atoms with Gasteiger partial charge in [-0.05, 0) is 18.6 Å². The summed E-state index contributed by atoms with van der Waals surface area (Å²) in [5.41, 5.74) is 0.912. The number of alkyl halides is 1. The molecule has 0 saturated carbocycles. The topological polar surface area (TPSA) is 37.3 Å². The van der Waals surface area contributed by atoms with Crippen LogP contribution >= 0.6 is 22.9 Å². The molecule has 0 aliphatic rings. The Morgan fingerprint density at radius 3 is 2.93 bits per heavy atom. The van der Waals surface area contributed by atoms with Gasteiger partial charge in [-0.15, -0.1) is 22.9 Å². The van der Waals surface area contributed by atoms with Gasteiger partial charge >= 0.3 is 5.97 Å². The summed E-state index contributed by atoms with van der Waals surface area (Å²) in [6.45, 7) is 1.85. The fraction of sp³-hybridized carbons (Fsp3) is 0.300. The molecule has 2 nitrogen and oxygen atoms in total. The molecule has 74 valence electrons. The lowest BCUT2D eigenvalue weighted by molar-refractivity contribution is 0.0702. The molecule has 1 aromatic heterocycles. The Labute approximate surface area is 91.5 Å². The van der Waals surface area contributed by atoms with Gasteiger partial charge in [-0.3, -0.25) is 0 Å². The zero-order valence-electron chi connectivity index (χ0n) is 7.63. The standard InChI is InChI=1S/C10H9ClO2S/c1-7-6-9(10(12)13)14-8(7)4-2-3-5-11/h6H,3,5H2,1H3,(H,12,13). The molecule has 0 fully saturated rings. The van der Waals surface area contributed by atoms with Crippen molar-refractivity contribution in [3.05, 3.63) is 21.4 Å². The van der Waals surface area contributed by atoms with Gasteiger partial charge in [0, 0.05) is 12.3 Å². The summed E-state index contributed by atoms with van der Waals surface area (Å²) in [4.78, 5) is 11.8. The molecule has 0 amide bonds. The first-order chi connectivity index (χ1) is 6.65. The normalized spacial score (nSPS) is 9.29. The quantitative estimate of drug-likeness (QED) is 0.624. The molecular weight excluding hydrogens is 220 g/mol. The smallest absolute Gasteiger partial charge is 0.345 e. The van der Waals surface area contributed by atoms with Gasteiger partial charge in [0.15, 0.2) is 0 Å². The van der Waals surface area contributed by atoms with Crippen molar-refractivity contribution in [2.45, 2.75) is 13.3 Å². The Bertz CT molecular complexity index is 398. The second kappa shape index (κ2) is 5.04. The summed E-state index contributed by atoms with van der Waals surface area (Å²) in [5.74, 6) is 5.39. The lowest BCUT2D eigenvalue weighted by Gasteiger charge is -1.83. The van der Waals surface area contributed by atoms with E-state index in [1.54, 1.807) is 6.07 Å². The van der Waals surface area contributed by atoms with Gasteiger partial charge in [0.25, 0.3) is 0 Å². The van der Waals surface area contributed by atoms with Crippen LogP contribution < -0.4 is 0 Å². The van der Waals surface area contributed by atoms with Gasteiger partial charge < -0.3 is 5.11 Å². The van der Waals surface area contributed by atoms with E-state index in [0.717, 1.165) is 10.4 Å². The number of aryl methyl sites for hydroxylation is 1. The number of carbonyl (C=O) groups is 1. The fourth-order valence-corrected chi connectivity index (χ4v) is 1.88.